The van der Waals surface area contributed by atoms with Gasteiger partial charge in [0.1, 0.15) is 5.75 Å². The van der Waals surface area contributed by atoms with Crippen LogP contribution in [0, 0.1) is 13.8 Å². The van der Waals surface area contributed by atoms with Crippen LogP contribution in [0.15, 0.2) is 36.4 Å². The highest BCUT2D eigenvalue weighted by Gasteiger charge is 2.12. The molecule has 2 rings (SSSR count). The number of ether oxygens (including phenoxy) is 1. The number of carboxylic acids is 1. The lowest BCUT2D eigenvalue weighted by molar-refractivity contribution is 0.0697. The zero-order valence-electron chi connectivity index (χ0n) is 11.2. The summed E-state index contributed by atoms with van der Waals surface area (Å²) in [5.74, 6) is -0.114. The Kier molecular flexibility index (Phi) is 3.56. The highest BCUT2D eigenvalue weighted by atomic mass is 16.5. The quantitative estimate of drug-likeness (QED) is 0.911. The number of carboxylic acid groups (broad SMARTS) is 1. The van der Waals surface area contributed by atoms with Crippen molar-refractivity contribution in [2.45, 2.75) is 13.8 Å². The van der Waals surface area contributed by atoms with E-state index in [2.05, 4.69) is 0 Å². The number of methoxy groups -OCH3 is 1. The van der Waals surface area contributed by atoms with E-state index in [1.165, 1.54) is 0 Å². The van der Waals surface area contributed by atoms with Gasteiger partial charge in [0.05, 0.1) is 12.7 Å². The minimum Gasteiger partial charge on any atom is -0.496 e. The van der Waals surface area contributed by atoms with Crippen molar-refractivity contribution in [2.24, 2.45) is 0 Å². The summed E-state index contributed by atoms with van der Waals surface area (Å²) >= 11 is 0. The molecule has 3 nitrogen and oxygen atoms in total. The van der Waals surface area contributed by atoms with Gasteiger partial charge in [0, 0.05) is 0 Å². The summed E-state index contributed by atoms with van der Waals surface area (Å²) in [6, 6.07) is 11.0. The SMILES string of the molecule is COc1ccc(-c2cc(C)ccc2C(=O)O)cc1C. The maximum atomic E-state index is 11.3. The van der Waals surface area contributed by atoms with Crippen LogP contribution in [0.2, 0.25) is 0 Å². The standard InChI is InChI=1S/C16H16O3/c1-10-4-6-13(16(17)18)14(8-10)12-5-7-15(19-3)11(2)9-12/h4-9H,1-3H3,(H,17,18). The van der Waals surface area contributed by atoms with Crippen molar-refractivity contribution in [2.75, 3.05) is 7.11 Å². The molecule has 0 spiro atoms. The zero-order valence-corrected chi connectivity index (χ0v) is 11.2. The molecule has 0 aliphatic rings. The molecule has 0 heterocycles. The fourth-order valence-corrected chi connectivity index (χ4v) is 2.13. The summed E-state index contributed by atoms with van der Waals surface area (Å²) in [5.41, 5.74) is 3.96. The fourth-order valence-electron chi connectivity index (χ4n) is 2.13. The molecule has 3 heteroatoms. The van der Waals surface area contributed by atoms with Crippen molar-refractivity contribution in [3.05, 3.63) is 53.1 Å². The molecule has 0 aromatic heterocycles. The number of aromatic carboxylic acids is 1. The van der Waals surface area contributed by atoms with Crippen LogP contribution in [0.5, 0.6) is 5.75 Å². The second-order valence-corrected chi connectivity index (χ2v) is 4.54. The first-order chi connectivity index (χ1) is 9.02. The smallest absolute Gasteiger partial charge is 0.336 e. The predicted octanol–water partition coefficient (Wildman–Crippen LogP) is 3.68. The summed E-state index contributed by atoms with van der Waals surface area (Å²) in [6.07, 6.45) is 0. The summed E-state index contributed by atoms with van der Waals surface area (Å²) in [7, 11) is 1.62. The molecule has 0 aliphatic carbocycles. The summed E-state index contributed by atoms with van der Waals surface area (Å²) < 4.78 is 5.22. The lowest BCUT2D eigenvalue weighted by Gasteiger charge is -2.10. The van der Waals surface area contributed by atoms with E-state index in [0.717, 1.165) is 28.0 Å². The van der Waals surface area contributed by atoms with E-state index < -0.39 is 5.97 Å². The van der Waals surface area contributed by atoms with E-state index in [-0.39, 0.29) is 0 Å². The van der Waals surface area contributed by atoms with Crippen LogP contribution >= 0.6 is 0 Å². The fraction of sp³-hybridized carbons (Fsp3) is 0.188. The number of aryl methyl sites for hydroxylation is 2. The first-order valence-corrected chi connectivity index (χ1v) is 6.02. The van der Waals surface area contributed by atoms with Crippen molar-refractivity contribution in [3.63, 3.8) is 0 Å². The molecular formula is C16H16O3. The topological polar surface area (TPSA) is 46.5 Å². The summed E-state index contributed by atoms with van der Waals surface area (Å²) in [4.78, 5) is 11.3. The van der Waals surface area contributed by atoms with Crippen molar-refractivity contribution < 1.29 is 14.6 Å². The van der Waals surface area contributed by atoms with Crippen molar-refractivity contribution in [1.82, 2.24) is 0 Å². The molecule has 0 bridgehead atoms. The zero-order chi connectivity index (χ0) is 14.0. The summed E-state index contributed by atoms with van der Waals surface area (Å²) in [5, 5.41) is 9.26. The molecule has 2 aromatic rings. The molecule has 0 saturated carbocycles. The van der Waals surface area contributed by atoms with E-state index in [1.807, 2.05) is 44.2 Å². The third-order valence-electron chi connectivity index (χ3n) is 3.11. The maximum absolute atomic E-state index is 11.3. The minimum absolute atomic E-state index is 0.315. The monoisotopic (exact) mass is 256 g/mol. The van der Waals surface area contributed by atoms with Crippen LogP contribution in [0.25, 0.3) is 11.1 Å². The molecule has 19 heavy (non-hydrogen) atoms. The second-order valence-electron chi connectivity index (χ2n) is 4.54. The van der Waals surface area contributed by atoms with Gasteiger partial charge in [-0.05, 0) is 48.7 Å². The molecule has 0 saturated heterocycles. The summed E-state index contributed by atoms with van der Waals surface area (Å²) in [6.45, 7) is 3.89. The Morgan fingerprint density at radius 1 is 1.11 bits per heavy atom. The lowest BCUT2D eigenvalue weighted by atomic mass is 9.96. The molecule has 0 fully saturated rings. The van der Waals surface area contributed by atoms with E-state index >= 15 is 0 Å². The molecule has 0 amide bonds. The molecular weight excluding hydrogens is 240 g/mol. The van der Waals surface area contributed by atoms with E-state index in [0.29, 0.717) is 5.56 Å². The first-order valence-electron chi connectivity index (χ1n) is 6.02. The van der Waals surface area contributed by atoms with Crippen LogP contribution in [-0.2, 0) is 0 Å². The average molecular weight is 256 g/mol. The van der Waals surface area contributed by atoms with Crippen LogP contribution in [0.3, 0.4) is 0 Å². The van der Waals surface area contributed by atoms with Gasteiger partial charge in [-0.3, -0.25) is 0 Å². The van der Waals surface area contributed by atoms with Crippen molar-refractivity contribution >= 4 is 5.97 Å². The van der Waals surface area contributed by atoms with E-state index in [1.54, 1.807) is 13.2 Å². The van der Waals surface area contributed by atoms with Gasteiger partial charge in [-0.2, -0.15) is 0 Å². The first kappa shape index (κ1) is 13.1. The lowest BCUT2D eigenvalue weighted by Crippen LogP contribution is -2.00. The van der Waals surface area contributed by atoms with Crippen LogP contribution < -0.4 is 4.74 Å². The Balaban J connectivity index is 2.61. The van der Waals surface area contributed by atoms with Crippen LogP contribution in [0.4, 0.5) is 0 Å². The average Bonchev–Trinajstić information content (AvgIpc) is 2.38. The molecule has 2 aromatic carbocycles. The largest absolute Gasteiger partial charge is 0.496 e. The Hall–Kier alpha value is -2.29. The van der Waals surface area contributed by atoms with Gasteiger partial charge in [0.25, 0.3) is 0 Å². The Bertz CT molecular complexity index is 630. The van der Waals surface area contributed by atoms with Gasteiger partial charge in [-0.1, -0.05) is 23.8 Å². The van der Waals surface area contributed by atoms with Crippen LogP contribution in [-0.4, -0.2) is 18.2 Å². The highest BCUT2D eigenvalue weighted by molar-refractivity contribution is 5.96. The molecule has 0 radical (unpaired) electrons. The molecule has 0 aliphatic heterocycles. The molecule has 98 valence electrons. The van der Waals surface area contributed by atoms with Crippen molar-refractivity contribution in [1.29, 1.82) is 0 Å². The van der Waals surface area contributed by atoms with Crippen LogP contribution in [0.1, 0.15) is 21.5 Å². The van der Waals surface area contributed by atoms with Gasteiger partial charge in [-0.15, -0.1) is 0 Å². The normalized spacial score (nSPS) is 10.3. The van der Waals surface area contributed by atoms with Gasteiger partial charge in [-0.25, -0.2) is 4.79 Å². The molecule has 0 atom stereocenters. The third kappa shape index (κ3) is 2.60. The Morgan fingerprint density at radius 3 is 2.42 bits per heavy atom. The van der Waals surface area contributed by atoms with E-state index in [4.69, 9.17) is 4.74 Å². The number of hydrogen-bond donors (Lipinski definition) is 1. The predicted molar refractivity (Wildman–Crippen MR) is 74.9 cm³/mol. The van der Waals surface area contributed by atoms with Crippen molar-refractivity contribution in [3.8, 4) is 16.9 Å². The second kappa shape index (κ2) is 5.14. The van der Waals surface area contributed by atoms with E-state index in [9.17, 15) is 9.90 Å². The number of rotatable bonds is 3. The minimum atomic E-state index is -0.913. The third-order valence-corrected chi connectivity index (χ3v) is 3.11. The van der Waals surface area contributed by atoms with Gasteiger partial charge in [0.15, 0.2) is 0 Å². The number of carbonyl (C=O) groups is 1. The Morgan fingerprint density at radius 2 is 1.84 bits per heavy atom. The molecule has 0 unspecified atom stereocenters. The Labute approximate surface area is 112 Å². The van der Waals surface area contributed by atoms with Gasteiger partial charge >= 0.3 is 5.97 Å². The van der Waals surface area contributed by atoms with Gasteiger partial charge in [0.2, 0.25) is 0 Å². The maximum Gasteiger partial charge on any atom is 0.336 e. The number of benzene rings is 2. The highest BCUT2D eigenvalue weighted by Crippen LogP contribution is 2.29. The number of hydrogen-bond acceptors (Lipinski definition) is 2. The molecule has 1 N–H and O–H groups in total. The van der Waals surface area contributed by atoms with Gasteiger partial charge < -0.3 is 9.84 Å².